The third kappa shape index (κ3) is 6.57. The number of hydrogen-bond acceptors (Lipinski definition) is 4. The summed E-state index contributed by atoms with van der Waals surface area (Å²) < 4.78 is 45.3. The van der Waals surface area contributed by atoms with Crippen molar-refractivity contribution in [3.63, 3.8) is 0 Å². The smallest absolute Gasteiger partial charge is 0.416 e. The first-order valence-corrected chi connectivity index (χ1v) is 11.9. The fourth-order valence-electron chi connectivity index (χ4n) is 4.20. The molecule has 1 aliphatic rings. The van der Waals surface area contributed by atoms with E-state index in [0.29, 0.717) is 24.3 Å². The first-order valence-electron chi connectivity index (χ1n) is 11.9. The molecular weight excluding hydrogens is 499 g/mol. The number of ether oxygens (including phenoxy) is 1. The van der Waals surface area contributed by atoms with E-state index in [1.807, 2.05) is 12.1 Å². The van der Waals surface area contributed by atoms with Gasteiger partial charge in [-0.2, -0.15) is 13.2 Å². The van der Waals surface area contributed by atoms with Crippen molar-refractivity contribution in [3.05, 3.63) is 94.8 Å². The molecule has 0 fully saturated rings. The molecule has 0 aliphatic carbocycles. The average molecular weight is 526 g/mol. The first-order chi connectivity index (χ1) is 18.1. The Hall–Kier alpha value is -4.18. The van der Waals surface area contributed by atoms with Crippen LogP contribution >= 0.6 is 0 Å². The van der Waals surface area contributed by atoms with E-state index in [0.717, 1.165) is 35.3 Å². The van der Waals surface area contributed by atoms with Gasteiger partial charge in [0.2, 0.25) is 0 Å². The molecule has 4 rings (SSSR count). The number of hydrogen-bond donors (Lipinski definition) is 3. The number of halogens is 3. The summed E-state index contributed by atoms with van der Waals surface area (Å²) >= 11 is 0. The SMILES string of the molecule is C[C@@H](NC(=O)c1cc(C2=CCOCC2)ccn1)c1ccc(-c2cc(C(F)(F)F)ccc2CNC(=O)O)cc1. The van der Waals surface area contributed by atoms with E-state index in [9.17, 15) is 22.8 Å². The number of amides is 2. The Morgan fingerprint density at radius 2 is 1.84 bits per heavy atom. The lowest BCUT2D eigenvalue weighted by Gasteiger charge is -2.17. The van der Waals surface area contributed by atoms with Crippen molar-refractivity contribution in [2.24, 2.45) is 0 Å². The van der Waals surface area contributed by atoms with Gasteiger partial charge >= 0.3 is 12.3 Å². The highest BCUT2D eigenvalue weighted by Gasteiger charge is 2.31. The van der Waals surface area contributed by atoms with Crippen LogP contribution in [-0.4, -0.2) is 35.3 Å². The topological polar surface area (TPSA) is 101 Å². The predicted molar refractivity (Wildman–Crippen MR) is 135 cm³/mol. The van der Waals surface area contributed by atoms with Crippen LogP contribution < -0.4 is 10.6 Å². The number of carboxylic acid groups (broad SMARTS) is 1. The number of benzene rings is 2. The van der Waals surface area contributed by atoms with Crippen molar-refractivity contribution in [2.75, 3.05) is 13.2 Å². The molecule has 0 saturated heterocycles. The minimum absolute atomic E-state index is 0.146. The molecule has 2 amide bonds. The molecule has 198 valence electrons. The Morgan fingerprint density at radius 3 is 2.50 bits per heavy atom. The highest BCUT2D eigenvalue weighted by Crippen LogP contribution is 2.34. The van der Waals surface area contributed by atoms with Crippen molar-refractivity contribution >= 4 is 17.6 Å². The number of rotatable bonds is 7. The third-order valence-corrected chi connectivity index (χ3v) is 6.26. The van der Waals surface area contributed by atoms with Gasteiger partial charge in [-0.15, -0.1) is 0 Å². The number of alkyl halides is 3. The molecular formula is C28H26F3N3O4. The van der Waals surface area contributed by atoms with Crippen LogP contribution in [0.1, 0.15) is 52.1 Å². The monoisotopic (exact) mass is 525 g/mol. The number of carbonyl (C=O) groups is 2. The number of nitrogens with zero attached hydrogens (tertiary/aromatic N) is 1. The Bertz CT molecular complexity index is 1350. The van der Waals surface area contributed by atoms with Crippen LogP contribution in [-0.2, 0) is 17.5 Å². The van der Waals surface area contributed by atoms with E-state index in [4.69, 9.17) is 9.84 Å². The number of carbonyl (C=O) groups excluding carboxylic acids is 1. The van der Waals surface area contributed by atoms with E-state index in [1.165, 1.54) is 6.07 Å². The molecule has 0 radical (unpaired) electrons. The number of pyridine rings is 1. The fourth-order valence-corrected chi connectivity index (χ4v) is 4.20. The Kier molecular flexibility index (Phi) is 8.11. The van der Waals surface area contributed by atoms with E-state index >= 15 is 0 Å². The summed E-state index contributed by atoms with van der Waals surface area (Å²) in [7, 11) is 0. The molecule has 0 bridgehead atoms. The molecule has 1 aromatic heterocycles. The van der Waals surface area contributed by atoms with Crippen molar-refractivity contribution in [3.8, 4) is 11.1 Å². The van der Waals surface area contributed by atoms with Gasteiger partial charge in [-0.1, -0.05) is 36.4 Å². The zero-order valence-electron chi connectivity index (χ0n) is 20.5. The standard InChI is InChI=1S/C28H26F3N3O4/c1-17(34-26(35)25-14-21(8-11-32-25)19-9-12-38-13-10-19)18-2-4-20(5-3-18)24-15-23(28(29,30)31)7-6-22(24)16-33-27(36)37/h2-9,11,14-15,17,33H,10,12-13,16H2,1H3,(H,34,35)(H,36,37)/t17-/m1/s1. The van der Waals surface area contributed by atoms with Crippen molar-refractivity contribution in [1.82, 2.24) is 15.6 Å². The maximum atomic E-state index is 13.3. The summed E-state index contributed by atoms with van der Waals surface area (Å²) in [4.78, 5) is 28.0. The Balaban J connectivity index is 1.51. The van der Waals surface area contributed by atoms with E-state index in [2.05, 4.69) is 15.6 Å². The molecule has 0 saturated carbocycles. The van der Waals surface area contributed by atoms with Crippen LogP contribution in [0.3, 0.4) is 0 Å². The van der Waals surface area contributed by atoms with E-state index < -0.39 is 23.9 Å². The summed E-state index contributed by atoms with van der Waals surface area (Å²) in [6.07, 6.45) is -1.49. The second kappa shape index (κ2) is 11.5. The van der Waals surface area contributed by atoms with Crippen LogP contribution in [0.25, 0.3) is 16.7 Å². The molecule has 2 aromatic carbocycles. The van der Waals surface area contributed by atoms with Crippen molar-refractivity contribution < 1.29 is 32.6 Å². The first kappa shape index (κ1) is 26.9. The van der Waals surface area contributed by atoms with Gasteiger partial charge < -0.3 is 20.5 Å². The summed E-state index contributed by atoms with van der Waals surface area (Å²) in [6.45, 7) is 2.81. The number of aromatic nitrogens is 1. The molecule has 38 heavy (non-hydrogen) atoms. The fraction of sp³-hybridized carbons (Fsp3) is 0.250. The quantitative estimate of drug-likeness (QED) is 0.360. The molecule has 1 aliphatic heterocycles. The molecule has 10 heteroatoms. The summed E-state index contributed by atoms with van der Waals surface area (Å²) in [5.41, 5.74) is 3.35. The van der Waals surface area contributed by atoms with Gasteiger partial charge in [0.1, 0.15) is 5.69 Å². The van der Waals surface area contributed by atoms with Gasteiger partial charge in [-0.25, -0.2) is 4.79 Å². The Labute approximate surface area is 217 Å². The lowest BCUT2D eigenvalue weighted by Crippen LogP contribution is -2.27. The zero-order chi connectivity index (χ0) is 27.3. The van der Waals surface area contributed by atoms with Gasteiger partial charge in [-0.3, -0.25) is 9.78 Å². The lowest BCUT2D eigenvalue weighted by molar-refractivity contribution is -0.137. The largest absolute Gasteiger partial charge is 0.465 e. The van der Waals surface area contributed by atoms with Crippen LogP contribution in [0.5, 0.6) is 0 Å². The minimum atomic E-state index is -4.54. The highest BCUT2D eigenvalue weighted by atomic mass is 19.4. The number of nitrogens with one attached hydrogen (secondary N) is 2. The molecule has 0 spiro atoms. The normalized spacial score (nSPS) is 14.4. The summed E-state index contributed by atoms with van der Waals surface area (Å²) in [5, 5.41) is 14.0. The third-order valence-electron chi connectivity index (χ3n) is 6.26. The second-order valence-corrected chi connectivity index (χ2v) is 8.83. The molecule has 0 unspecified atom stereocenters. The molecule has 2 heterocycles. The van der Waals surface area contributed by atoms with Crippen LogP contribution in [0, 0.1) is 0 Å². The predicted octanol–water partition coefficient (Wildman–Crippen LogP) is 5.83. The van der Waals surface area contributed by atoms with Crippen LogP contribution in [0.15, 0.2) is 66.9 Å². The molecule has 7 nitrogen and oxygen atoms in total. The van der Waals surface area contributed by atoms with Gasteiger partial charge in [-0.05, 0) is 71.0 Å². The van der Waals surface area contributed by atoms with Crippen LogP contribution in [0.4, 0.5) is 18.0 Å². The van der Waals surface area contributed by atoms with Crippen molar-refractivity contribution in [2.45, 2.75) is 32.1 Å². The highest BCUT2D eigenvalue weighted by molar-refractivity contribution is 5.93. The van der Waals surface area contributed by atoms with Crippen molar-refractivity contribution in [1.29, 1.82) is 0 Å². The minimum Gasteiger partial charge on any atom is -0.465 e. The van der Waals surface area contributed by atoms with E-state index in [1.54, 1.807) is 43.5 Å². The van der Waals surface area contributed by atoms with Gasteiger partial charge in [0, 0.05) is 12.7 Å². The van der Waals surface area contributed by atoms with E-state index in [-0.39, 0.29) is 23.7 Å². The maximum absolute atomic E-state index is 13.3. The van der Waals surface area contributed by atoms with Gasteiger partial charge in [0.05, 0.1) is 24.8 Å². The van der Waals surface area contributed by atoms with Gasteiger partial charge in [0.15, 0.2) is 0 Å². The second-order valence-electron chi connectivity index (χ2n) is 8.83. The van der Waals surface area contributed by atoms with Crippen LogP contribution in [0.2, 0.25) is 0 Å². The lowest BCUT2D eigenvalue weighted by atomic mass is 9.95. The zero-order valence-corrected chi connectivity index (χ0v) is 20.5. The summed E-state index contributed by atoms with van der Waals surface area (Å²) in [5.74, 6) is -0.351. The molecule has 1 atom stereocenters. The average Bonchev–Trinajstić information content (AvgIpc) is 2.92. The van der Waals surface area contributed by atoms with Gasteiger partial charge in [0.25, 0.3) is 5.91 Å². The maximum Gasteiger partial charge on any atom is 0.416 e. The molecule has 3 N–H and O–H groups in total. The molecule has 3 aromatic rings. The summed E-state index contributed by atoms with van der Waals surface area (Å²) in [6, 6.07) is 13.1. The Morgan fingerprint density at radius 1 is 1.08 bits per heavy atom.